The molecule has 4 heteroatoms. The molecule has 0 aromatic heterocycles. The van der Waals surface area contributed by atoms with Crippen molar-refractivity contribution in [3.05, 3.63) is 130 Å². The molecule has 2 aliphatic rings. The Balaban J connectivity index is 1.62. The molecular formula is C38H41Cl2SiZr. The van der Waals surface area contributed by atoms with Crippen molar-refractivity contribution in [1.29, 1.82) is 0 Å². The molecule has 0 aliphatic heterocycles. The molecule has 215 valence electrons. The maximum absolute atomic E-state index is 8.61. The Hall–Kier alpha value is -1.96. The molecule has 0 radical (unpaired) electrons. The van der Waals surface area contributed by atoms with Crippen molar-refractivity contribution in [2.75, 3.05) is 0 Å². The van der Waals surface area contributed by atoms with Crippen LogP contribution in [0.15, 0.2) is 102 Å². The van der Waals surface area contributed by atoms with E-state index in [0.717, 1.165) is 6.42 Å². The first kappa shape index (κ1) is 30.1. The minimum atomic E-state index is -4.79. The summed E-state index contributed by atoms with van der Waals surface area (Å²) in [6.07, 6.45) is 5.99. The predicted octanol–water partition coefficient (Wildman–Crippen LogP) is 12.0. The average Bonchev–Trinajstić information content (AvgIpc) is 3.58. The number of hydrogen-bond acceptors (Lipinski definition) is 0. The van der Waals surface area contributed by atoms with Gasteiger partial charge in [-0.25, -0.2) is 0 Å². The molecule has 0 heterocycles. The summed E-state index contributed by atoms with van der Waals surface area (Å²) in [5.41, 5.74) is 14.6. The Kier molecular flexibility index (Phi) is 8.02. The van der Waals surface area contributed by atoms with E-state index in [4.69, 9.17) is 17.0 Å². The molecule has 0 N–H and O–H groups in total. The first-order valence-corrected chi connectivity index (χ1v) is 31.7. The Bertz CT molecular complexity index is 1720. The van der Waals surface area contributed by atoms with Gasteiger partial charge >= 0.3 is 263 Å². The molecule has 3 unspecified atom stereocenters. The molecule has 4 aromatic rings. The Morgan fingerprint density at radius 3 is 1.88 bits per heavy atom. The zero-order valence-electron chi connectivity index (χ0n) is 25.6. The Labute approximate surface area is 261 Å². The first-order chi connectivity index (χ1) is 20.1. The van der Waals surface area contributed by atoms with Gasteiger partial charge in [0.05, 0.1) is 0 Å². The number of benzene rings is 4. The summed E-state index contributed by atoms with van der Waals surface area (Å²) in [4.78, 5) is 0. The monoisotopic (exact) mass is 685 g/mol. The van der Waals surface area contributed by atoms with E-state index in [1.807, 2.05) is 0 Å². The molecule has 0 amide bonds. The summed E-state index contributed by atoms with van der Waals surface area (Å²) in [7, 11) is 17.2. The number of allylic oxidation sites excluding steroid dienone is 2. The fraction of sp³-hybridized carbons (Fsp3) is 0.263. The second kappa shape index (κ2) is 11.2. The number of aryl methyl sites for hydroxylation is 1. The van der Waals surface area contributed by atoms with Crippen LogP contribution in [0.2, 0.25) is 13.1 Å². The molecule has 42 heavy (non-hydrogen) atoms. The van der Waals surface area contributed by atoms with Crippen molar-refractivity contribution in [3.8, 4) is 22.3 Å². The molecule has 0 spiro atoms. The van der Waals surface area contributed by atoms with Crippen LogP contribution in [-0.2, 0) is 15.6 Å². The third-order valence-corrected chi connectivity index (χ3v) is 62.2. The molecule has 0 saturated heterocycles. The number of hydrogen-bond donors (Lipinski definition) is 0. The van der Waals surface area contributed by atoms with Crippen molar-refractivity contribution in [2.45, 2.75) is 54.5 Å². The van der Waals surface area contributed by atoms with E-state index < -0.39 is 21.5 Å². The summed E-state index contributed by atoms with van der Waals surface area (Å²) in [6.45, 7) is 14.1. The van der Waals surface area contributed by atoms with Crippen molar-refractivity contribution >= 4 is 35.1 Å². The second-order valence-corrected chi connectivity index (χ2v) is 55.4. The zero-order valence-corrected chi connectivity index (χ0v) is 30.7. The van der Waals surface area contributed by atoms with Crippen LogP contribution in [0, 0.1) is 12.8 Å². The van der Waals surface area contributed by atoms with Crippen molar-refractivity contribution in [1.82, 2.24) is 0 Å². The summed E-state index contributed by atoms with van der Waals surface area (Å²) in [5, 5.41) is 0. The van der Waals surface area contributed by atoms with E-state index in [1.165, 1.54) is 61.2 Å². The van der Waals surface area contributed by atoms with Gasteiger partial charge in [0.2, 0.25) is 0 Å². The topological polar surface area (TPSA) is 0 Å². The summed E-state index contributed by atoms with van der Waals surface area (Å²) in [6, 6.07) is 33.0. The third-order valence-electron chi connectivity index (χ3n) is 10.3. The number of fused-ring (bicyclic) bond motifs is 2. The maximum atomic E-state index is 8.61. The van der Waals surface area contributed by atoms with Crippen LogP contribution in [0.3, 0.4) is 0 Å². The molecule has 2 aliphatic carbocycles. The van der Waals surface area contributed by atoms with Crippen LogP contribution in [0.1, 0.15) is 62.3 Å². The fourth-order valence-electron chi connectivity index (χ4n) is 7.81. The molecule has 0 bridgehead atoms. The van der Waals surface area contributed by atoms with Gasteiger partial charge in [0.1, 0.15) is 0 Å². The standard InChI is InChI=1S/C19H19.C17H15.C2H7Si.2ClH.Zr/c1-3-14(2)17-12-16-10-7-11-18(19(16)13-17)15-8-5-4-6-9-15;1-12-10-16-13(2)8-9-15(17(16)11-12)14-6-4-3-5-7-14;1-3-2;;;/h4-14H,3H2,1-2H3;3-11H,1-2H3;3H,1-2H3;2*1H;/q;;;;;+2/p-2. The third kappa shape index (κ3) is 4.56. The second-order valence-electron chi connectivity index (χ2n) is 12.9. The van der Waals surface area contributed by atoms with Crippen LogP contribution in [0.5, 0.6) is 0 Å². The number of halogens is 2. The van der Waals surface area contributed by atoms with Crippen LogP contribution < -0.4 is 0 Å². The van der Waals surface area contributed by atoms with Gasteiger partial charge in [-0.3, -0.25) is 0 Å². The van der Waals surface area contributed by atoms with Crippen LogP contribution in [0.4, 0.5) is 0 Å². The predicted molar refractivity (Wildman–Crippen MR) is 186 cm³/mol. The van der Waals surface area contributed by atoms with Crippen LogP contribution >= 0.6 is 17.0 Å². The van der Waals surface area contributed by atoms with E-state index in [-0.39, 0.29) is 7.25 Å². The van der Waals surface area contributed by atoms with Gasteiger partial charge in [-0.05, 0) is 0 Å². The summed E-state index contributed by atoms with van der Waals surface area (Å²) >= 11 is -4.79. The van der Waals surface area contributed by atoms with Crippen LogP contribution in [-0.4, -0.2) is 5.92 Å². The van der Waals surface area contributed by atoms with Gasteiger partial charge in [0.15, 0.2) is 0 Å². The van der Waals surface area contributed by atoms with E-state index in [0.29, 0.717) is 5.92 Å². The summed E-state index contributed by atoms with van der Waals surface area (Å²) < 4.78 is 0.207. The average molecular weight is 688 g/mol. The molecule has 6 rings (SSSR count). The van der Waals surface area contributed by atoms with Crippen LogP contribution in [0.25, 0.3) is 34.4 Å². The Morgan fingerprint density at radius 2 is 1.31 bits per heavy atom. The van der Waals surface area contributed by atoms with Gasteiger partial charge in [0, 0.05) is 0 Å². The van der Waals surface area contributed by atoms with Gasteiger partial charge in [0.25, 0.3) is 0 Å². The summed E-state index contributed by atoms with van der Waals surface area (Å²) in [5.74, 6) is -1.20. The van der Waals surface area contributed by atoms with Gasteiger partial charge < -0.3 is 0 Å². The van der Waals surface area contributed by atoms with Crippen molar-refractivity contribution < 1.29 is 15.6 Å². The van der Waals surface area contributed by atoms with Crippen molar-refractivity contribution in [2.24, 2.45) is 5.92 Å². The van der Waals surface area contributed by atoms with E-state index in [2.05, 4.69) is 144 Å². The molecule has 0 saturated carbocycles. The van der Waals surface area contributed by atoms with E-state index in [9.17, 15) is 0 Å². The van der Waals surface area contributed by atoms with Gasteiger partial charge in [-0.2, -0.15) is 0 Å². The van der Waals surface area contributed by atoms with Gasteiger partial charge in [-0.1, -0.05) is 0 Å². The Morgan fingerprint density at radius 1 is 0.714 bits per heavy atom. The number of rotatable bonds is 7. The SMILES string of the molecule is CCC(C)C1=Cc2c(-c3ccccc3)cccc2[CH]1[Zr]([Cl])([Cl])([CH]1C(C)=Cc2c(-c3ccccc3)ccc(C)c21)[SiH](C)C. The molecule has 4 aromatic carbocycles. The molecule has 3 atom stereocenters. The van der Waals surface area contributed by atoms with E-state index >= 15 is 0 Å². The molecule has 0 nitrogen and oxygen atoms in total. The quantitative estimate of drug-likeness (QED) is 0.170. The van der Waals surface area contributed by atoms with Gasteiger partial charge in [-0.15, -0.1) is 0 Å². The van der Waals surface area contributed by atoms with Crippen molar-refractivity contribution in [3.63, 3.8) is 0 Å². The minimum absolute atomic E-state index is 0.101. The zero-order chi connectivity index (χ0) is 29.8. The normalized spacial score (nSPS) is 19.5. The fourth-order valence-corrected chi connectivity index (χ4v) is 39.9. The van der Waals surface area contributed by atoms with E-state index in [1.54, 1.807) is 0 Å². The molecular weight excluding hydrogens is 647 g/mol. The first-order valence-electron chi connectivity index (χ1n) is 15.4. The molecule has 0 fully saturated rings.